The lowest BCUT2D eigenvalue weighted by atomic mass is 10.2. The van der Waals surface area contributed by atoms with Crippen LogP contribution in [0.2, 0.25) is 5.02 Å². The van der Waals surface area contributed by atoms with Gasteiger partial charge in [0.25, 0.3) is 5.91 Å². The van der Waals surface area contributed by atoms with Crippen molar-refractivity contribution in [3.05, 3.63) is 77.6 Å². The Bertz CT molecular complexity index is 1260. The largest absolute Gasteiger partial charge is 0.497 e. The second kappa shape index (κ2) is 9.03. The number of pyridine rings is 1. The van der Waals surface area contributed by atoms with Gasteiger partial charge in [0.1, 0.15) is 22.8 Å². The fourth-order valence-electron chi connectivity index (χ4n) is 3.96. The normalized spacial score (nSPS) is 13.9. The molecular formula is C25H23ClN4O3. The first-order valence-electron chi connectivity index (χ1n) is 10.7. The quantitative estimate of drug-likeness (QED) is 0.440. The van der Waals surface area contributed by atoms with E-state index in [1.54, 1.807) is 31.6 Å². The standard InChI is InChI=1S/C25H23ClN4O3/c1-32-20-8-6-19(7-9-20)29-11-13-30(14-12-29)25(31)22-16-23-21(10-15-33-23)24(28-22)27-18-4-2-17(26)3-5-18/h2-10,15-16H,11-14H2,1H3,(H,27,28). The maximum absolute atomic E-state index is 13.3. The lowest BCUT2D eigenvalue weighted by Crippen LogP contribution is -2.49. The number of benzene rings is 2. The van der Waals surface area contributed by atoms with E-state index in [1.807, 2.05) is 47.4 Å². The van der Waals surface area contributed by atoms with E-state index in [9.17, 15) is 4.79 Å². The van der Waals surface area contributed by atoms with E-state index in [1.165, 1.54) is 0 Å². The summed E-state index contributed by atoms with van der Waals surface area (Å²) in [6.07, 6.45) is 1.60. The smallest absolute Gasteiger partial charge is 0.272 e. The van der Waals surface area contributed by atoms with Crippen molar-refractivity contribution in [2.24, 2.45) is 0 Å². The Morgan fingerprint density at radius 1 is 1.03 bits per heavy atom. The van der Waals surface area contributed by atoms with Gasteiger partial charge in [-0.05, 0) is 54.6 Å². The van der Waals surface area contributed by atoms with Crippen LogP contribution in [0, 0.1) is 0 Å². The molecule has 4 aromatic rings. The number of amides is 1. The molecule has 5 rings (SSSR count). The molecule has 0 unspecified atom stereocenters. The Labute approximate surface area is 196 Å². The number of hydrogen-bond acceptors (Lipinski definition) is 6. The first-order valence-corrected chi connectivity index (χ1v) is 11.1. The molecule has 1 aliphatic rings. The molecule has 33 heavy (non-hydrogen) atoms. The van der Waals surface area contributed by atoms with E-state index >= 15 is 0 Å². The Balaban J connectivity index is 1.32. The summed E-state index contributed by atoms with van der Waals surface area (Å²) in [5, 5.41) is 4.74. The van der Waals surface area contributed by atoms with Crippen LogP contribution in [0.15, 0.2) is 71.3 Å². The van der Waals surface area contributed by atoms with Gasteiger partial charge < -0.3 is 24.3 Å². The summed E-state index contributed by atoms with van der Waals surface area (Å²) in [5.74, 6) is 1.29. The molecule has 0 aliphatic carbocycles. The topological polar surface area (TPSA) is 70.8 Å². The van der Waals surface area contributed by atoms with E-state index < -0.39 is 0 Å². The summed E-state index contributed by atoms with van der Waals surface area (Å²) in [6, 6.07) is 18.8. The van der Waals surface area contributed by atoms with Crippen LogP contribution in [0.1, 0.15) is 10.5 Å². The Hall–Kier alpha value is -3.71. The van der Waals surface area contributed by atoms with Gasteiger partial charge in [0.05, 0.1) is 18.8 Å². The minimum Gasteiger partial charge on any atom is -0.497 e. The van der Waals surface area contributed by atoms with Crippen molar-refractivity contribution < 1.29 is 13.9 Å². The third-order valence-electron chi connectivity index (χ3n) is 5.78. The number of aromatic nitrogens is 1. The summed E-state index contributed by atoms with van der Waals surface area (Å²) in [6.45, 7) is 2.72. The van der Waals surface area contributed by atoms with Gasteiger partial charge >= 0.3 is 0 Å². The lowest BCUT2D eigenvalue weighted by Gasteiger charge is -2.36. The molecule has 1 fully saturated rings. The molecule has 0 atom stereocenters. The fraction of sp³-hybridized carbons (Fsp3) is 0.200. The SMILES string of the molecule is COc1ccc(N2CCN(C(=O)c3cc4occc4c(Nc4ccc(Cl)cc4)n3)CC2)cc1. The second-order valence-electron chi connectivity index (χ2n) is 7.80. The molecule has 168 valence electrons. The van der Waals surface area contributed by atoms with Crippen LogP contribution in [-0.4, -0.2) is 49.1 Å². The predicted molar refractivity (Wildman–Crippen MR) is 130 cm³/mol. The molecule has 2 aromatic heterocycles. The summed E-state index contributed by atoms with van der Waals surface area (Å²) in [5.41, 5.74) is 2.91. The molecule has 8 heteroatoms. The number of anilines is 3. The summed E-state index contributed by atoms with van der Waals surface area (Å²) in [4.78, 5) is 22.0. The predicted octanol–water partition coefficient (Wildman–Crippen LogP) is 5.20. The number of rotatable bonds is 5. The van der Waals surface area contributed by atoms with Gasteiger partial charge in [-0.1, -0.05) is 11.6 Å². The zero-order valence-corrected chi connectivity index (χ0v) is 18.9. The van der Waals surface area contributed by atoms with Gasteiger partial charge in [0.2, 0.25) is 0 Å². The molecular weight excluding hydrogens is 440 g/mol. The number of nitrogens with one attached hydrogen (secondary N) is 1. The van der Waals surface area contributed by atoms with E-state index in [4.69, 9.17) is 20.8 Å². The van der Waals surface area contributed by atoms with E-state index in [-0.39, 0.29) is 5.91 Å². The average Bonchev–Trinajstić information content (AvgIpc) is 3.34. The number of fused-ring (bicyclic) bond motifs is 1. The highest BCUT2D eigenvalue weighted by Gasteiger charge is 2.24. The van der Waals surface area contributed by atoms with Gasteiger partial charge in [0.15, 0.2) is 0 Å². The van der Waals surface area contributed by atoms with E-state index in [2.05, 4.69) is 15.2 Å². The molecule has 3 heterocycles. The summed E-state index contributed by atoms with van der Waals surface area (Å²) >= 11 is 5.99. The van der Waals surface area contributed by atoms with Crippen molar-refractivity contribution >= 4 is 45.7 Å². The number of piperazine rings is 1. The monoisotopic (exact) mass is 462 g/mol. The Morgan fingerprint density at radius 2 is 1.76 bits per heavy atom. The van der Waals surface area contributed by atoms with Crippen molar-refractivity contribution in [3.63, 3.8) is 0 Å². The van der Waals surface area contributed by atoms with E-state index in [0.29, 0.717) is 35.2 Å². The van der Waals surface area contributed by atoms with Crippen LogP contribution < -0.4 is 15.0 Å². The highest BCUT2D eigenvalue weighted by Crippen LogP contribution is 2.28. The van der Waals surface area contributed by atoms with Crippen molar-refractivity contribution in [2.45, 2.75) is 0 Å². The van der Waals surface area contributed by atoms with Gasteiger partial charge in [-0.2, -0.15) is 0 Å². The zero-order valence-electron chi connectivity index (χ0n) is 18.1. The van der Waals surface area contributed by atoms with Crippen LogP contribution in [0.3, 0.4) is 0 Å². The molecule has 0 bridgehead atoms. The molecule has 0 saturated carbocycles. The van der Waals surface area contributed by atoms with Gasteiger partial charge in [0, 0.05) is 48.6 Å². The first kappa shape index (κ1) is 21.2. The number of hydrogen-bond donors (Lipinski definition) is 1. The van der Waals surface area contributed by atoms with Crippen LogP contribution >= 0.6 is 11.6 Å². The molecule has 2 aromatic carbocycles. The van der Waals surface area contributed by atoms with Gasteiger partial charge in [-0.3, -0.25) is 4.79 Å². The summed E-state index contributed by atoms with van der Waals surface area (Å²) in [7, 11) is 1.66. The fourth-order valence-corrected chi connectivity index (χ4v) is 4.09. The molecule has 1 saturated heterocycles. The van der Waals surface area contributed by atoms with E-state index in [0.717, 1.165) is 35.6 Å². The maximum Gasteiger partial charge on any atom is 0.272 e. The van der Waals surface area contributed by atoms with Gasteiger partial charge in [-0.25, -0.2) is 4.98 Å². The van der Waals surface area contributed by atoms with Crippen molar-refractivity contribution in [2.75, 3.05) is 43.5 Å². The van der Waals surface area contributed by atoms with Crippen molar-refractivity contribution in [1.82, 2.24) is 9.88 Å². The van der Waals surface area contributed by atoms with Crippen LogP contribution in [0.4, 0.5) is 17.2 Å². The van der Waals surface area contributed by atoms with Crippen LogP contribution in [-0.2, 0) is 0 Å². The third-order valence-corrected chi connectivity index (χ3v) is 6.03. The number of nitrogens with zero attached hydrogens (tertiary/aromatic N) is 3. The highest BCUT2D eigenvalue weighted by molar-refractivity contribution is 6.30. The Morgan fingerprint density at radius 3 is 2.45 bits per heavy atom. The maximum atomic E-state index is 13.3. The molecule has 7 nitrogen and oxygen atoms in total. The number of carbonyl (C=O) groups excluding carboxylic acids is 1. The van der Waals surface area contributed by atoms with Crippen LogP contribution in [0.25, 0.3) is 11.0 Å². The molecule has 0 spiro atoms. The van der Waals surface area contributed by atoms with Crippen LogP contribution in [0.5, 0.6) is 5.75 Å². The number of methoxy groups -OCH3 is 1. The molecule has 0 radical (unpaired) electrons. The number of ether oxygens (including phenoxy) is 1. The minimum atomic E-state index is -0.109. The zero-order chi connectivity index (χ0) is 22.8. The molecule has 1 amide bonds. The number of carbonyl (C=O) groups is 1. The molecule has 1 N–H and O–H groups in total. The lowest BCUT2D eigenvalue weighted by molar-refractivity contribution is 0.0741. The third kappa shape index (κ3) is 4.45. The van der Waals surface area contributed by atoms with Gasteiger partial charge in [-0.15, -0.1) is 0 Å². The van der Waals surface area contributed by atoms with Crippen molar-refractivity contribution in [3.8, 4) is 5.75 Å². The molecule has 1 aliphatic heterocycles. The first-order chi connectivity index (χ1) is 16.1. The highest BCUT2D eigenvalue weighted by atomic mass is 35.5. The Kier molecular flexibility index (Phi) is 5.79. The summed E-state index contributed by atoms with van der Waals surface area (Å²) < 4.78 is 10.8. The average molecular weight is 463 g/mol. The number of halogens is 1. The minimum absolute atomic E-state index is 0.109. The second-order valence-corrected chi connectivity index (χ2v) is 8.23. The number of furan rings is 1. The van der Waals surface area contributed by atoms with Crippen molar-refractivity contribution in [1.29, 1.82) is 0 Å².